The van der Waals surface area contributed by atoms with Crippen LogP contribution in [0.4, 0.5) is 0 Å². The number of furan rings is 1. The molecule has 0 saturated heterocycles. The van der Waals surface area contributed by atoms with Crippen molar-refractivity contribution in [3.05, 3.63) is 59.0 Å². The Bertz CT molecular complexity index is 558. The fourth-order valence-electron chi connectivity index (χ4n) is 3.12. The first-order valence-electron chi connectivity index (χ1n) is 7.13. The molecule has 0 amide bonds. The molecule has 1 aromatic heterocycles. The molecule has 1 heterocycles. The van der Waals surface area contributed by atoms with E-state index in [1.807, 2.05) is 6.26 Å². The monoisotopic (exact) mass is 255 g/mol. The minimum Gasteiger partial charge on any atom is -0.469 e. The average Bonchev–Trinajstić information content (AvgIpc) is 2.88. The zero-order valence-electron chi connectivity index (χ0n) is 11.6. The van der Waals surface area contributed by atoms with Gasteiger partial charge in [0.2, 0.25) is 0 Å². The van der Waals surface area contributed by atoms with Crippen molar-refractivity contribution >= 4 is 0 Å². The Labute approximate surface area is 114 Å². The highest BCUT2D eigenvalue weighted by Gasteiger charge is 2.24. The molecule has 3 rings (SSSR count). The quantitative estimate of drug-likeness (QED) is 0.883. The van der Waals surface area contributed by atoms with Gasteiger partial charge in [0, 0.05) is 24.1 Å². The smallest absolute Gasteiger partial charge is 0.108 e. The lowest BCUT2D eigenvalue weighted by molar-refractivity contribution is 0.385. The lowest BCUT2D eigenvalue weighted by Gasteiger charge is -2.27. The summed E-state index contributed by atoms with van der Waals surface area (Å²) in [5.74, 6) is 1.17. The molecule has 1 aromatic carbocycles. The summed E-state index contributed by atoms with van der Waals surface area (Å²) in [5, 5.41) is 3.76. The van der Waals surface area contributed by atoms with Crippen molar-refractivity contribution in [2.45, 2.75) is 45.2 Å². The molecule has 19 heavy (non-hydrogen) atoms. The zero-order valence-corrected chi connectivity index (χ0v) is 11.6. The predicted molar refractivity (Wildman–Crippen MR) is 77.1 cm³/mol. The minimum absolute atomic E-state index is 0.368. The van der Waals surface area contributed by atoms with E-state index in [4.69, 9.17) is 4.42 Å². The van der Waals surface area contributed by atoms with Crippen molar-refractivity contribution in [1.29, 1.82) is 0 Å². The van der Waals surface area contributed by atoms with Gasteiger partial charge in [0.1, 0.15) is 5.76 Å². The lowest BCUT2D eigenvalue weighted by Crippen LogP contribution is -2.27. The van der Waals surface area contributed by atoms with Crippen LogP contribution in [0.5, 0.6) is 0 Å². The average molecular weight is 255 g/mol. The van der Waals surface area contributed by atoms with E-state index in [2.05, 4.69) is 49.5 Å². The fraction of sp³-hybridized carbons (Fsp3) is 0.412. The Kier molecular flexibility index (Phi) is 3.43. The van der Waals surface area contributed by atoms with Crippen molar-refractivity contribution in [3.63, 3.8) is 0 Å². The van der Waals surface area contributed by atoms with Crippen LogP contribution in [0, 0.1) is 6.92 Å². The molecule has 1 aliphatic carbocycles. The summed E-state index contributed by atoms with van der Waals surface area (Å²) in [4.78, 5) is 0. The molecule has 2 aromatic rings. The molecule has 1 N–H and O–H groups in total. The highest BCUT2D eigenvalue weighted by atomic mass is 16.3. The van der Waals surface area contributed by atoms with Crippen LogP contribution in [0.15, 0.2) is 41.0 Å². The van der Waals surface area contributed by atoms with Crippen LogP contribution in [-0.2, 0) is 6.42 Å². The van der Waals surface area contributed by atoms with Crippen molar-refractivity contribution in [2.24, 2.45) is 0 Å². The first-order valence-corrected chi connectivity index (χ1v) is 7.13. The Hall–Kier alpha value is -1.54. The van der Waals surface area contributed by atoms with E-state index in [-0.39, 0.29) is 0 Å². The minimum atomic E-state index is 0.368. The first kappa shape index (κ1) is 12.5. The van der Waals surface area contributed by atoms with Gasteiger partial charge in [-0.05, 0) is 43.9 Å². The van der Waals surface area contributed by atoms with Crippen molar-refractivity contribution < 1.29 is 4.42 Å². The third-order valence-electron chi connectivity index (χ3n) is 4.16. The van der Waals surface area contributed by atoms with Crippen LogP contribution in [0.3, 0.4) is 0 Å². The summed E-state index contributed by atoms with van der Waals surface area (Å²) < 4.78 is 5.56. The molecule has 1 aliphatic rings. The molecule has 0 fully saturated rings. The predicted octanol–water partition coefficient (Wildman–Crippen LogP) is 4.32. The van der Waals surface area contributed by atoms with E-state index in [0.717, 1.165) is 6.42 Å². The van der Waals surface area contributed by atoms with E-state index < -0.39 is 0 Å². The largest absolute Gasteiger partial charge is 0.469 e. The van der Waals surface area contributed by atoms with Gasteiger partial charge in [-0.2, -0.15) is 0 Å². The van der Waals surface area contributed by atoms with Gasteiger partial charge >= 0.3 is 0 Å². The second-order valence-corrected chi connectivity index (χ2v) is 5.49. The number of fused-ring (bicyclic) bond motifs is 1. The summed E-state index contributed by atoms with van der Waals surface area (Å²) in [6.45, 7) is 4.42. The van der Waals surface area contributed by atoms with E-state index in [1.165, 1.54) is 35.3 Å². The van der Waals surface area contributed by atoms with E-state index in [0.29, 0.717) is 12.1 Å². The molecular formula is C17H21NO. The summed E-state index contributed by atoms with van der Waals surface area (Å²) >= 11 is 0. The Balaban J connectivity index is 1.78. The van der Waals surface area contributed by atoms with Gasteiger partial charge in [0.25, 0.3) is 0 Å². The van der Waals surface area contributed by atoms with Gasteiger partial charge in [-0.25, -0.2) is 0 Å². The van der Waals surface area contributed by atoms with Gasteiger partial charge < -0.3 is 9.73 Å². The first-order chi connectivity index (χ1) is 9.25. The molecule has 0 aliphatic heterocycles. The van der Waals surface area contributed by atoms with Gasteiger partial charge in [0.05, 0.1) is 6.26 Å². The third-order valence-corrected chi connectivity index (χ3v) is 4.16. The molecule has 2 nitrogen and oxygen atoms in total. The Morgan fingerprint density at radius 1 is 1.26 bits per heavy atom. The lowest BCUT2D eigenvalue weighted by atomic mass is 9.92. The molecule has 100 valence electrons. The van der Waals surface area contributed by atoms with Crippen LogP contribution in [0.1, 0.15) is 54.3 Å². The number of rotatable bonds is 3. The van der Waals surface area contributed by atoms with Gasteiger partial charge in [0.15, 0.2) is 0 Å². The fourth-order valence-corrected chi connectivity index (χ4v) is 3.12. The summed E-state index contributed by atoms with van der Waals surface area (Å²) in [5.41, 5.74) is 4.09. The number of benzene rings is 1. The SMILES string of the molecule is Cc1ccccc1[C@H](C)NC1CCCc2occc21. The van der Waals surface area contributed by atoms with Crippen LogP contribution < -0.4 is 5.32 Å². The molecule has 2 heteroatoms. The molecule has 0 spiro atoms. The van der Waals surface area contributed by atoms with Crippen molar-refractivity contribution in [3.8, 4) is 0 Å². The van der Waals surface area contributed by atoms with Crippen LogP contribution in [0.2, 0.25) is 0 Å². The maximum absolute atomic E-state index is 5.56. The second-order valence-electron chi connectivity index (χ2n) is 5.49. The van der Waals surface area contributed by atoms with Crippen molar-refractivity contribution in [2.75, 3.05) is 0 Å². The summed E-state index contributed by atoms with van der Waals surface area (Å²) in [7, 11) is 0. The highest BCUT2D eigenvalue weighted by Crippen LogP contribution is 2.32. The normalized spacial score (nSPS) is 20.0. The van der Waals surface area contributed by atoms with Gasteiger partial charge in [-0.3, -0.25) is 0 Å². The Morgan fingerprint density at radius 3 is 2.95 bits per heavy atom. The number of aryl methyl sites for hydroxylation is 2. The topological polar surface area (TPSA) is 25.2 Å². The number of hydrogen-bond donors (Lipinski definition) is 1. The maximum atomic E-state index is 5.56. The second kappa shape index (κ2) is 5.22. The van der Waals surface area contributed by atoms with Crippen LogP contribution >= 0.6 is 0 Å². The standard InChI is InChI=1S/C17H21NO/c1-12-6-3-4-7-14(12)13(2)18-16-8-5-9-17-15(16)10-11-19-17/h3-4,6-7,10-11,13,16,18H,5,8-9H2,1-2H3/t13-,16?/m0/s1. The van der Waals surface area contributed by atoms with E-state index in [1.54, 1.807) is 0 Å². The van der Waals surface area contributed by atoms with Gasteiger partial charge in [-0.1, -0.05) is 24.3 Å². The van der Waals surface area contributed by atoms with Crippen molar-refractivity contribution in [1.82, 2.24) is 5.32 Å². The molecule has 0 bridgehead atoms. The number of hydrogen-bond acceptors (Lipinski definition) is 2. The molecule has 0 saturated carbocycles. The van der Waals surface area contributed by atoms with E-state index in [9.17, 15) is 0 Å². The molecular weight excluding hydrogens is 234 g/mol. The summed E-state index contributed by atoms with van der Waals surface area (Å²) in [6.07, 6.45) is 5.31. The highest BCUT2D eigenvalue weighted by molar-refractivity contribution is 5.30. The summed E-state index contributed by atoms with van der Waals surface area (Å²) in [6, 6.07) is 11.5. The number of nitrogens with one attached hydrogen (secondary N) is 1. The van der Waals surface area contributed by atoms with Gasteiger partial charge in [-0.15, -0.1) is 0 Å². The molecule has 1 unspecified atom stereocenters. The third kappa shape index (κ3) is 2.45. The van der Waals surface area contributed by atoms with E-state index >= 15 is 0 Å². The van der Waals surface area contributed by atoms with Crippen LogP contribution in [-0.4, -0.2) is 0 Å². The molecule has 0 radical (unpaired) electrons. The molecule has 2 atom stereocenters. The maximum Gasteiger partial charge on any atom is 0.108 e. The van der Waals surface area contributed by atoms with Crippen LogP contribution in [0.25, 0.3) is 0 Å². The Morgan fingerprint density at radius 2 is 2.11 bits per heavy atom. The zero-order chi connectivity index (χ0) is 13.2.